The van der Waals surface area contributed by atoms with E-state index in [4.69, 9.17) is 9.47 Å². The quantitative estimate of drug-likeness (QED) is 0.646. The Morgan fingerprint density at radius 1 is 1.10 bits per heavy atom. The average molecular weight is 394 g/mol. The normalized spacial score (nSPS) is 11.6. The Bertz CT molecular complexity index is 1010. The number of hydrogen-bond acceptors (Lipinski definition) is 6. The van der Waals surface area contributed by atoms with Gasteiger partial charge in [-0.15, -0.1) is 0 Å². The van der Waals surface area contributed by atoms with Crippen LogP contribution in [0.1, 0.15) is 28.7 Å². The molecule has 1 aromatic carbocycles. The molecule has 0 saturated carbocycles. The molecule has 1 atom stereocenters. The topological polar surface area (TPSA) is 95.3 Å². The number of benzene rings is 1. The van der Waals surface area contributed by atoms with Crippen LogP contribution in [0.15, 0.2) is 48.7 Å². The van der Waals surface area contributed by atoms with Crippen LogP contribution in [0.2, 0.25) is 0 Å². The van der Waals surface area contributed by atoms with Crippen LogP contribution < -0.4 is 10.1 Å². The molecule has 1 unspecified atom stereocenters. The van der Waals surface area contributed by atoms with E-state index in [1.807, 2.05) is 19.9 Å². The molecule has 1 N–H and O–H groups in total. The Kier molecular flexibility index (Phi) is 5.92. The standard InChI is InChI=1S/C21H22N4O4/c1-13-11-14(2)25(24-13)19-10-5-16(12-22-19)21(27)29-15(3)20(26)23-17-6-8-18(28-4)9-7-17/h5-12,15H,1-4H3,(H,23,26). The van der Waals surface area contributed by atoms with Gasteiger partial charge >= 0.3 is 5.97 Å². The third-order valence-electron chi connectivity index (χ3n) is 4.22. The Morgan fingerprint density at radius 3 is 2.38 bits per heavy atom. The number of anilines is 1. The zero-order valence-electron chi connectivity index (χ0n) is 16.7. The monoisotopic (exact) mass is 394 g/mol. The SMILES string of the molecule is COc1ccc(NC(=O)C(C)OC(=O)c2ccc(-n3nc(C)cc3C)nc2)cc1. The summed E-state index contributed by atoms with van der Waals surface area (Å²) in [5.74, 6) is 0.210. The van der Waals surface area contributed by atoms with Crippen LogP contribution in [-0.4, -0.2) is 39.9 Å². The van der Waals surface area contributed by atoms with Gasteiger partial charge in [0.2, 0.25) is 0 Å². The van der Waals surface area contributed by atoms with Crippen LogP contribution in [0.25, 0.3) is 5.82 Å². The molecule has 0 radical (unpaired) electrons. The summed E-state index contributed by atoms with van der Waals surface area (Å²) in [5.41, 5.74) is 2.65. The largest absolute Gasteiger partial charge is 0.497 e. The van der Waals surface area contributed by atoms with Crippen molar-refractivity contribution in [2.24, 2.45) is 0 Å². The van der Waals surface area contributed by atoms with Crippen LogP contribution in [0.5, 0.6) is 5.75 Å². The molecular formula is C21H22N4O4. The van der Waals surface area contributed by atoms with Crippen molar-refractivity contribution >= 4 is 17.6 Å². The fourth-order valence-corrected chi connectivity index (χ4v) is 2.69. The van der Waals surface area contributed by atoms with E-state index >= 15 is 0 Å². The third kappa shape index (κ3) is 4.78. The number of carbonyl (C=O) groups excluding carboxylic acids is 2. The lowest BCUT2D eigenvalue weighted by Crippen LogP contribution is -2.30. The highest BCUT2D eigenvalue weighted by molar-refractivity contribution is 5.97. The minimum absolute atomic E-state index is 0.249. The molecule has 2 aromatic heterocycles. The highest BCUT2D eigenvalue weighted by Crippen LogP contribution is 2.16. The number of hydrogen-bond donors (Lipinski definition) is 1. The zero-order chi connectivity index (χ0) is 21.0. The molecule has 8 nitrogen and oxygen atoms in total. The lowest BCUT2D eigenvalue weighted by Gasteiger charge is -2.14. The first-order valence-corrected chi connectivity index (χ1v) is 9.03. The summed E-state index contributed by atoms with van der Waals surface area (Å²) in [6.07, 6.45) is 0.433. The molecule has 0 aliphatic heterocycles. The molecule has 3 aromatic rings. The van der Waals surface area contributed by atoms with Gasteiger partial charge in [0, 0.05) is 17.6 Å². The summed E-state index contributed by atoms with van der Waals surface area (Å²) < 4.78 is 12.0. The Labute approximate surface area is 168 Å². The number of rotatable bonds is 6. The van der Waals surface area contributed by atoms with Crippen molar-refractivity contribution < 1.29 is 19.1 Å². The number of amides is 1. The summed E-state index contributed by atoms with van der Waals surface area (Å²) >= 11 is 0. The number of nitrogens with zero attached hydrogens (tertiary/aromatic N) is 3. The number of methoxy groups -OCH3 is 1. The lowest BCUT2D eigenvalue weighted by molar-refractivity contribution is -0.123. The summed E-state index contributed by atoms with van der Waals surface area (Å²) in [7, 11) is 1.56. The number of nitrogens with one attached hydrogen (secondary N) is 1. The van der Waals surface area contributed by atoms with Crippen LogP contribution in [0, 0.1) is 13.8 Å². The van der Waals surface area contributed by atoms with Crippen molar-refractivity contribution in [3.63, 3.8) is 0 Å². The predicted molar refractivity (Wildman–Crippen MR) is 107 cm³/mol. The Morgan fingerprint density at radius 2 is 1.83 bits per heavy atom. The first kappa shape index (κ1) is 20.1. The highest BCUT2D eigenvalue weighted by Gasteiger charge is 2.19. The van der Waals surface area contributed by atoms with Crippen molar-refractivity contribution in [3.05, 3.63) is 65.6 Å². The van der Waals surface area contributed by atoms with Gasteiger partial charge in [0.1, 0.15) is 5.75 Å². The fraction of sp³-hybridized carbons (Fsp3) is 0.238. The maximum absolute atomic E-state index is 12.3. The molecular weight excluding hydrogens is 372 g/mol. The zero-order valence-corrected chi connectivity index (χ0v) is 16.7. The molecule has 0 saturated heterocycles. The van der Waals surface area contributed by atoms with Gasteiger partial charge < -0.3 is 14.8 Å². The Balaban J connectivity index is 1.61. The average Bonchev–Trinajstić information content (AvgIpc) is 3.06. The van der Waals surface area contributed by atoms with E-state index in [9.17, 15) is 9.59 Å². The molecule has 0 spiro atoms. The summed E-state index contributed by atoms with van der Waals surface area (Å²) in [6.45, 7) is 5.33. The van der Waals surface area contributed by atoms with E-state index < -0.39 is 18.0 Å². The van der Waals surface area contributed by atoms with Crippen LogP contribution in [0.4, 0.5) is 5.69 Å². The van der Waals surface area contributed by atoms with E-state index in [1.165, 1.54) is 13.1 Å². The number of aryl methyl sites for hydroxylation is 2. The van der Waals surface area contributed by atoms with Crippen LogP contribution in [-0.2, 0) is 9.53 Å². The fourth-order valence-electron chi connectivity index (χ4n) is 2.69. The number of ether oxygens (including phenoxy) is 2. The third-order valence-corrected chi connectivity index (χ3v) is 4.22. The van der Waals surface area contributed by atoms with Gasteiger partial charge in [-0.05, 0) is 63.2 Å². The van der Waals surface area contributed by atoms with Gasteiger partial charge in [-0.2, -0.15) is 5.10 Å². The number of aromatic nitrogens is 3. The van der Waals surface area contributed by atoms with Gasteiger partial charge in [0.25, 0.3) is 5.91 Å². The first-order chi connectivity index (χ1) is 13.9. The molecule has 0 aliphatic rings. The van der Waals surface area contributed by atoms with E-state index in [1.54, 1.807) is 48.2 Å². The van der Waals surface area contributed by atoms with Gasteiger partial charge in [-0.25, -0.2) is 14.5 Å². The second-order valence-corrected chi connectivity index (χ2v) is 6.51. The number of carbonyl (C=O) groups is 2. The molecule has 8 heteroatoms. The summed E-state index contributed by atoms with van der Waals surface area (Å²) in [4.78, 5) is 28.9. The number of esters is 1. The highest BCUT2D eigenvalue weighted by atomic mass is 16.5. The van der Waals surface area contributed by atoms with Crippen molar-refractivity contribution in [1.29, 1.82) is 0 Å². The van der Waals surface area contributed by atoms with Crippen molar-refractivity contribution in [1.82, 2.24) is 14.8 Å². The van der Waals surface area contributed by atoms with E-state index in [0.717, 1.165) is 11.4 Å². The van der Waals surface area contributed by atoms with E-state index in [0.29, 0.717) is 17.3 Å². The molecule has 2 heterocycles. The summed E-state index contributed by atoms with van der Waals surface area (Å²) in [5, 5.41) is 7.04. The van der Waals surface area contributed by atoms with Crippen LogP contribution >= 0.6 is 0 Å². The minimum Gasteiger partial charge on any atom is -0.497 e. The molecule has 0 fully saturated rings. The summed E-state index contributed by atoms with van der Waals surface area (Å²) in [6, 6.07) is 12.1. The van der Waals surface area contributed by atoms with E-state index in [2.05, 4.69) is 15.4 Å². The molecule has 0 aliphatic carbocycles. The van der Waals surface area contributed by atoms with E-state index in [-0.39, 0.29) is 5.56 Å². The van der Waals surface area contributed by atoms with Gasteiger partial charge in [-0.1, -0.05) is 0 Å². The Hall–Kier alpha value is -3.68. The maximum atomic E-state index is 12.3. The van der Waals surface area contributed by atoms with Crippen molar-refractivity contribution in [2.75, 3.05) is 12.4 Å². The molecule has 150 valence electrons. The second-order valence-electron chi connectivity index (χ2n) is 6.51. The minimum atomic E-state index is -0.972. The van der Waals surface area contributed by atoms with Gasteiger partial charge in [0.05, 0.1) is 18.4 Å². The molecule has 3 rings (SSSR count). The smallest absolute Gasteiger partial charge is 0.340 e. The first-order valence-electron chi connectivity index (χ1n) is 9.03. The van der Waals surface area contributed by atoms with Gasteiger partial charge in [0.15, 0.2) is 11.9 Å². The second kappa shape index (κ2) is 8.55. The predicted octanol–water partition coefficient (Wildman–Crippen LogP) is 3.08. The van der Waals surface area contributed by atoms with Crippen LogP contribution in [0.3, 0.4) is 0 Å². The van der Waals surface area contributed by atoms with Crippen molar-refractivity contribution in [3.8, 4) is 11.6 Å². The maximum Gasteiger partial charge on any atom is 0.340 e. The molecule has 0 bridgehead atoms. The molecule has 29 heavy (non-hydrogen) atoms. The van der Waals surface area contributed by atoms with Gasteiger partial charge in [-0.3, -0.25) is 4.79 Å². The van der Waals surface area contributed by atoms with Crippen molar-refractivity contribution in [2.45, 2.75) is 26.9 Å². The lowest BCUT2D eigenvalue weighted by atomic mass is 10.2. The number of pyridine rings is 1. The molecule has 1 amide bonds.